The van der Waals surface area contributed by atoms with Gasteiger partial charge in [0.25, 0.3) is 0 Å². The third-order valence-corrected chi connectivity index (χ3v) is 9.71. The molecule has 0 aromatic carbocycles. The second-order valence-corrected chi connectivity index (χ2v) is 15.1. The molecule has 0 bridgehead atoms. The van der Waals surface area contributed by atoms with Crippen LogP contribution < -0.4 is 0 Å². The van der Waals surface area contributed by atoms with Gasteiger partial charge in [-0.05, 0) is 45.4 Å². The average Bonchev–Trinajstić information content (AvgIpc) is 3.15. The van der Waals surface area contributed by atoms with Gasteiger partial charge < -0.3 is 28.8 Å². The summed E-state index contributed by atoms with van der Waals surface area (Å²) in [4.78, 5) is 36.9. The van der Waals surface area contributed by atoms with E-state index in [-0.39, 0.29) is 50.3 Å². The van der Waals surface area contributed by atoms with E-state index in [4.69, 9.17) is 23.7 Å². The number of ether oxygens (including phenoxy) is 5. The standard InChI is InChI=1S/C44H84O9/c1-5-8-11-14-17-19-24-29-39(4)53-43(48)31-26-21-18-20-25-30-41(46)51-37-40(36-45)38-52-42(47)32-33-44(49-34-27-22-15-12-9-6-2)50-35-28-23-16-13-10-7-3/h39-40,44-45H,5-38H2,1-4H3. The van der Waals surface area contributed by atoms with Crippen LogP contribution in [-0.4, -0.2) is 68.4 Å². The molecule has 0 aromatic rings. The molecule has 0 spiro atoms. The molecule has 2 unspecified atom stereocenters. The summed E-state index contributed by atoms with van der Waals surface area (Å²) in [6.45, 7) is 9.65. The van der Waals surface area contributed by atoms with Crippen molar-refractivity contribution in [1.82, 2.24) is 0 Å². The molecule has 1 N–H and O–H groups in total. The molecule has 0 aliphatic heterocycles. The van der Waals surface area contributed by atoms with Gasteiger partial charge in [-0.25, -0.2) is 0 Å². The van der Waals surface area contributed by atoms with Crippen LogP contribution in [0.1, 0.15) is 214 Å². The van der Waals surface area contributed by atoms with Crippen molar-refractivity contribution in [3.8, 4) is 0 Å². The fraction of sp³-hybridized carbons (Fsp3) is 0.932. The highest BCUT2D eigenvalue weighted by atomic mass is 16.7. The summed E-state index contributed by atoms with van der Waals surface area (Å²) in [6.07, 6.45) is 29.1. The molecular weight excluding hydrogens is 672 g/mol. The number of hydrogen-bond acceptors (Lipinski definition) is 9. The van der Waals surface area contributed by atoms with Crippen LogP contribution in [0.15, 0.2) is 0 Å². The number of carbonyl (C=O) groups excluding carboxylic acids is 3. The zero-order valence-electron chi connectivity index (χ0n) is 35.0. The van der Waals surface area contributed by atoms with Crippen LogP contribution in [0.5, 0.6) is 0 Å². The van der Waals surface area contributed by atoms with Gasteiger partial charge in [-0.2, -0.15) is 0 Å². The van der Waals surface area contributed by atoms with E-state index in [0.29, 0.717) is 38.9 Å². The fourth-order valence-corrected chi connectivity index (χ4v) is 6.16. The Bertz CT molecular complexity index is 803. The predicted octanol–water partition coefficient (Wildman–Crippen LogP) is 11.3. The van der Waals surface area contributed by atoms with Gasteiger partial charge >= 0.3 is 17.9 Å². The van der Waals surface area contributed by atoms with E-state index < -0.39 is 12.2 Å². The van der Waals surface area contributed by atoms with Crippen molar-refractivity contribution in [3.05, 3.63) is 0 Å². The number of rotatable bonds is 41. The third-order valence-electron chi connectivity index (χ3n) is 9.71. The van der Waals surface area contributed by atoms with E-state index in [1.54, 1.807) is 0 Å². The van der Waals surface area contributed by atoms with Crippen molar-refractivity contribution in [2.75, 3.05) is 33.0 Å². The molecule has 0 fully saturated rings. The highest BCUT2D eigenvalue weighted by Crippen LogP contribution is 2.15. The molecule has 9 heteroatoms. The summed E-state index contributed by atoms with van der Waals surface area (Å²) >= 11 is 0. The Hall–Kier alpha value is -1.71. The van der Waals surface area contributed by atoms with Crippen LogP contribution >= 0.6 is 0 Å². The molecule has 9 nitrogen and oxygen atoms in total. The first-order valence-electron chi connectivity index (χ1n) is 22.2. The van der Waals surface area contributed by atoms with Crippen molar-refractivity contribution in [2.45, 2.75) is 226 Å². The highest BCUT2D eigenvalue weighted by Gasteiger charge is 2.17. The second kappa shape index (κ2) is 40.0. The van der Waals surface area contributed by atoms with E-state index in [1.807, 2.05) is 6.92 Å². The van der Waals surface area contributed by atoms with Gasteiger partial charge in [0, 0.05) is 32.5 Å². The summed E-state index contributed by atoms with van der Waals surface area (Å²) in [6, 6.07) is 0. The molecule has 0 aliphatic rings. The maximum Gasteiger partial charge on any atom is 0.306 e. The van der Waals surface area contributed by atoms with Crippen LogP contribution in [0.25, 0.3) is 0 Å². The predicted molar refractivity (Wildman–Crippen MR) is 215 cm³/mol. The van der Waals surface area contributed by atoms with Crippen LogP contribution in [0, 0.1) is 5.92 Å². The summed E-state index contributed by atoms with van der Waals surface area (Å²) in [7, 11) is 0. The average molecular weight is 757 g/mol. The normalized spacial score (nSPS) is 12.6. The lowest BCUT2D eigenvalue weighted by Crippen LogP contribution is -2.25. The molecular formula is C44H84O9. The molecule has 314 valence electrons. The molecule has 0 amide bonds. The SMILES string of the molecule is CCCCCCCCCC(C)OC(=O)CCCCCCCC(=O)OCC(CO)COC(=O)CCC(OCCCCCCCC)OCCCCCCCC. The quantitative estimate of drug-likeness (QED) is 0.0281. The number of carbonyl (C=O) groups is 3. The lowest BCUT2D eigenvalue weighted by Gasteiger charge is -2.19. The summed E-state index contributed by atoms with van der Waals surface area (Å²) < 4.78 is 28.4. The first-order valence-corrected chi connectivity index (χ1v) is 22.2. The van der Waals surface area contributed by atoms with Gasteiger partial charge in [0.2, 0.25) is 0 Å². The highest BCUT2D eigenvalue weighted by molar-refractivity contribution is 5.70. The lowest BCUT2D eigenvalue weighted by atomic mass is 10.1. The number of aliphatic hydroxyl groups excluding tert-OH is 1. The van der Waals surface area contributed by atoms with Gasteiger partial charge in [-0.3, -0.25) is 14.4 Å². The largest absolute Gasteiger partial charge is 0.465 e. The van der Waals surface area contributed by atoms with E-state index >= 15 is 0 Å². The van der Waals surface area contributed by atoms with Gasteiger partial charge in [0.1, 0.15) is 0 Å². The second-order valence-electron chi connectivity index (χ2n) is 15.1. The van der Waals surface area contributed by atoms with E-state index in [2.05, 4.69) is 20.8 Å². The number of hydrogen-bond donors (Lipinski definition) is 1. The Kier molecular flexibility index (Phi) is 38.7. The Morgan fingerprint density at radius 2 is 0.868 bits per heavy atom. The van der Waals surface area contributed by atoms with E-state index in [1.165, 1.54) is 89.9 Å². The molecule has 0 heterocycles. The van der Waals surface area contributed by atoms with E-state index in [0.717, 1.165) is 64.2 Å². The number of unbranched alkanes of at least 4 members (excludes halogenated alkanes) is 20. The topological polar surface area (TPSA) is 118 Å². The van der Waals surface area contributed by atoms with Crippen LogP contribution in [0.3, 0.4) is 0 Å². The first kappa shape index (κ1) is 51.3. The Morgan fingerprint density at radius 1 is 0.472 bits per heavy atom. The molecule has 0 radical (unpaired) electrons. The third kappa shape index (κ3) is 37.0. The Morgan fingerprint density at radius 3 is 1.34 bits per heavy atom. The van der Waals surface area contributed by atoms with Gasteiger partial charge in [0.15, 0.2) is 6.29 Å². The van der Waals surface area contributed by atoms with Gasteiger partial charge in [-0.15, -0.1) is 0 Å². The van der Waals surface area contributed by atoms with Gasteiger partial charge in [0.05, 0.1) is 38.3 Å². The van der Waals surface area contributed by atoms with Crippen LogP contribution in [0.4, 0.5) is 0 Å². The van der Waals surface area contributed by atoms with Crippen LogP contribution in [-0.2, 0) is 38.1 Å². The van der Waals surface area contributed by atoms with Crippen molar-refractivity contribution in [3.63, 3.8) is 0 Å². The molecule has 0 aliphatic carbocycles. The first-order chi connectivity index (χ1) is 25.9. The van der Waals surface area contributed by atoms with E-state index in [9.17, 15) is 19.5 Å². The zero-order valence-corrected chi connectivity index (χ0v) is 35.0. The number of esters is 3. The maximum absolute atomic E-state index is 12.5. The monoisotopic (exact) mass is 757 g/mol. The molecule has 53 heavy (non-hydrogen) atoms. The van der Waals surface area contributed by atoms with Gasteiger partial charge in [-0.1, -0.05) is 143 Å². The number of aliphatic hydroxyl groups is 1. The summed E-state index contributed by atoms with van der Waals surface area (Å²) in [5.74, 6) is -1.28. The molecule has 0 rings (SSSR count). The Labute approximate surface area is 325 Å². The van der Waals surface area contributed by atoms with Crippen LogP contribution in [0.2, 0.25) is 0 Å². The molecule has 0 saturated heterocycles. The molecule has 0 saturated carbocycles. The maximum atomic E-state index is 12.5. The fourth-order valence-electron chi connectivity index (χ4n) is 6.16. The molecule has 0 aromatic heterocycles. The minimum Gasteiger partial charge on any atom is -0.465 e. The van der Waals surface area contributed by atoms with Crippen molar-refractivity contribution in [1.29, 1.82) is 0 Å². The summed E-state index contributed by atoms with van der Waals surface area (Å²) in [5.41, 5.74) is 0. The molecule has 2 atom stereocenters. The summed E-state index contributed by atoms with van der Waals surface area (Å²) in [5, 5.41) is 9.76. The van der Waals surface area contributed by atoms with Crippen molar-refractivity contribution in [2.24, 2.45) is 5.92 Å². The minimum atomic E-state index is -0.468. The lowest BCUT2D eigenvalue weighted by molar-refractivity contribution is -0.161. The smallest absolute Gasteiger partial charge is 0.306 e. The van der Waals surface area contributed by atoms with Crippen molar-refractivity contribution >= 4 is 17.9 Å². The Balaban J connectivity index is 4.10. The zero-order chi connectivity index (χ0) is 39.0. The minimum absolute atomic E-state index is 0.00741. The van der Waals surface area contributed by atoms with Crippen molar-refractivity contribution < 1.29 is 43.2 Å².